The van der Waals surface area contributed by atoms with Crippen LogP contribution < -0.4 is 4.74 Å². The summed E-state index contributed by atoms with van der Waals surface area (Å²) < 4.78 is 18.2. The number of halogens is 1. The van der Waals surface area contributed by atoms with Crippen molar-refractivity contribution < 1.29 is 13.9 Å². The zero-order valence-corrected chi connectivity index (χ0v) is 8.29. The Labute approximate surface area is 87.3 Å². The summed E-state index contributed by atoms with van der Waals surface area (Å²) in [4.78, 5) is 14.1. The number of Topliss-reactive ketones (excluding diaryl/α,β-unsaturated/α-hetero) is 1. The molecule has 0 N–H and O–H groups in total. The van der Waals surface area contributed by atoms with Gasteiger partial charge in [0.05, 0.1) is 7.11 Å². The molecule has 0 spiro atoms. The van der Waals surface area contributed by atoms with Gasteiger partial charge >= 0.3 is 0 Å². The van der Waals surface area contributed by atoms with Crippen LogP contribution in [0.3, 0.4) is 0 Å². The topological polar surface area (TPSA) is 30.7 Å². The minimum absolute atomic E-state index is 0.0434. The van der Waals surface area contributed by atoms with Gasteiger partial charge in [0.25, 0.3) is 6.54 Å². The summed E-state index contributed by atoms with van der Waals surface area (Å²) in [6.45, 7) is 6.30. The highest BCUT2D eigenvalue weighted by molar-refractivity contribution is 5.84. The van der Waals surface area contributed by atoms with E-state index in [4.69, 9.17) is 11.3 Å². The predicted molar refractivity (Wildman–Crippen MR) is 53.1 cm³/mol. The monoisotopic (exact) mass is 207 g/mol. The number of ether oxygens (including phenoxy) is 1. The van der Waals surface area contributed by atoms with Crippen LogP contribution in [0.5, 0.6) is 5.75 Å². The molecule has 0 unspecified atom stereocenters. The molecule has 0 aromatic heterocycles. The maximum absolute atomic E-state index is 13.3. The van der Waals surface area contributed by atoms with Crippen molar-refractivity contribution >= 4 is 5.78 Å². The molecule has 0 saturated carbocycles. The first kappa shape index (κ1) is 11.2. The van der Waals surface area contributed by atoms with Gasteiger partial charge in [-0.3, -0.25) is 4.79 Å². The van der Waals surface area contributed by atoms with Gasteiger partial charge in [0.2, 0.25) is 5.78 Å². The minimum atomic E-state index is -0.479. The summed E-state index contributed by atoms with van der Waals surface area (Å²) in [7, 11) is 1.44. The Hall–Kier alpha value is -1.89. The van der Waals surface area contributed by atoms with Crippen LogP contribution in [0.1, 0.15) is 5.56 Å². The minimum Gasteiger partial charge on any atom is -0.497 e. The van der Waals surface area contributed by atoms with Crippen LogP contribution in [0.2, 0.25) is 0 Å². The third-order valence-electron chi connectivity index (χ3n) is 1.90. The molecule has 1 aromatic carbocycles. The number of carbonyl (C=O) groups excluding carboxylic acids is 1. The molecule has 78 valence electrons. The smallest absolute Gasteiger partial charge is 0.272 e. The molecule has 0 amide bonds. The van der Waals surface area contributed by atoms with E-state index >= 15 is 0 Å². The fraction of sp³-hybridized carbons (Fsp3) is 0.273. The molecule has 15 heavy (non-hydrogen) atoms. The number of ketones is 1. The molecule has 0 fully saturated rings. The number of rotatable bonds is 4. The SMILES string of the molecule is [C-]#[N+]CC(=O)Cc1ccc(OC)cc1F. The Kier molecular flexibility index (Phi) is 3.81. The molecule has 0 bridgehead atoms. The number of methoxy groups -OCH3 is 1. The fourth-order valence-electron chi connectivity index (χ4n) is 1.15. The molecule has 0 heterocycles. The number of carbonyl (C=O) groups is 1. The van der Waals surface area contributed by atoms with E-state index in [1.54, 1.807) is 6.07 Å². The second kappa shape index (κ2) is 5.11. The molecule has 0 atom stereocenters. The highest BCUT2D eigenvalue weighted by atomic mass is 19.1. The van der Waals surface area contributed by atoms with Crippen LogP contribution in [0, 0.1) is 12.4 Å². The van der Waals surface area contributed by atoms with E-state index in [1.165, 1.54) is 19.2 Å². The average Bonchev–Trinajstić information content (AvgIpc) is 2.21. The van der Waals surface area contributed by atoms with E-state index in [-0.39, 0.29) is 18.7 Å². The van der Waals surface area contributed by atoms with E-state index in [1.807, 2.05) is 0 Å². The lowest BCUT2D eigenvalue weighted by Gasteiger charge is -2.03. The van der Waals surface area contributed by atoms with Crippen molar-refractivity contribution in [3.8, 4) is 5.75 Å². The van der Waals surface area contributed by atoms with Gasteiger partial charge < -0.3 is 9.58 Å². The van der Waals surface area contributed by atoms with E-state index in [9.17, 15) is 9.18 Å². The van der Waals surface area contributed by atoms with Crippen LogP contribution >= 0.6 is 0 Å². The molecule has 1 rings (SSSR count). The Morgan fingerprint density at radius 3 is 2.87 bits per heavy atom. The second-order valence-corrected chi connectivity index (χ2v) is 2.99. The van der Waals surface area contributed by atoms with Crippen molar-refractivity contribution in [3.63, 3.8) is 0 Å². The van der Waals surface area contributed by atoms with Crippen LogP contribution in [0.4, 0.5) is 4.39 Å². The molecule has 0 aliphatic rings. The van der Waals surface area contributed by atoms with Crippen molar-refractivity contribution in [3.05, 3.63) is 41.0 Å². The first-order chi connectivity index (χ1) is 7.17. The molecule has 1 aromatic rings. The zero-order valence-electron chi connectivity index (χ0n) is 8.29. The molecule has 0 radical (unpaired) electrons. The zero-order chi connectivity index (χ0) is 11.3. The summed E-state index contributed by atoms with van der Waals surface area (Å²) in [5.74, 6) is -0.351. The molecule has 0 saturated heterocycles. The molecule has 0 aliphatic carbocycles. The largest absolute Gasteiger partial charge is 0.497 e. The third kappa shape index (κ3) is 3.06. The summed E-state index contributed by atoms with van der Waals surface area (Å²) in [6.07, 6.45) is -0.0434. The predicted octanol–water partition coefficient (Wildman–Crippen LogP) is 1.87. The summed E-state index contributed by atoms with van der Waals surface area (Å²) >= 11 is 0. The normalized spacial score (nSPS) is 9.40. The molecule has 3 nitrogen and oxygen atoms in total. The fourth-order valence-corrected chi connectivity index (χ4v) is 1.15. The van der Waals surface area contributed by atoms with E-state index < -0.39 is 5.82 Å². The number of hydrogen-bond donors (Lipinski definition) is 0. The summed E-state index contributed by atoms with van der Waals surface area (Å²) in [5, 5.41) is 0. The van der Waals surface area contributed by atoms with Crippen molar-refractivity contribution in [2.45, 2.75) is 6.42 Å². The molecular formula is C11H10FNO2. The average molecular weight is 207 g/mol. The Bertz CT molecular complexity index is 410. The summed E-state index contributed by atoms with van der Waals surface area (Å²) in [6, 6.07) is 4.31. The first-order valence-corrected chi connectivity index (χ1v) is 4.34. The van der Waals surface area contributed by atoms with Crippen LogP contribution in [0.25, 0.3) is 4.85 Å². The maximum atomic E-state index is 13.3. The standard InChI is InChI=1S/C11H10FNO2/c1-13-7-9(14)5-8-3-4-10(15-2)6-11(8)12/h3-4,6H,5,7H2,2H3. The number of benzene rings is 1. The number of hydrogen-bond acceptors (Lipinski definition) is 2. The Morgan fingerprint density at radius 2 is 2.33 bits per heavy atom. The Morgan fingerprint density at radius 1 is 1.60 bits per heavy atom. The Balaban J connectivity index is 2.79. The molecule has 0 aliphatic heterocycles. The second-order valence-electron chi connectivity index (χ2n) is 2.99. The van der Waals surface area contributed by atoms with Crippen molar-refractivity contribution in [1.82, 2.24) is 0 Å². The maximum Gasteiger partial charge on any atom is 0.272 e. The first-order valence-electron chi connectivity index (χ1n) is 4.34. The lowest BCUT2D eigenvalue weighted by molar-refractivity contribution is -0.116. The van der Waals surface area contributed by atoms with Gasteiger partial charge in [-0.05, 0) is 11.6 Å². The third-order valence-corrected chi connectivity index (χ3v) is 1.90. The van der Waals surface area contributed by atoms with Gasteiger partial charge in [0.1, 0.15) is 11.6 Å². The van der Waals surface area contributed by atoms with Crippen molar-refractivity contribution in [1.29, 1.82) is 0 Å². The highest BCUT2D eigenvalue weighted by Crippen LogP contribution is 2.16. The van der Waals surface area contributed by atoms with Crippen LogP contribution in [0.15, 0.2) is 18.2 Å². The lowest BCUT2D eigenvalue weighted by Crippen LogP contribution is -2.06. The van der Waals surface area contributed by atoms with E-state index in [2.05, 4.69) is 4.85 Å². The van der Waals surface area contributed by atoms with Gasteiger partial charge in [0.15, 0.2) is 0 Å². The van der Waals surface area contributed by atoms with Crippen LogP contribution in [-0.2, 0) is 11.2 Å². The highest BCUT2D eigenvalue weighted by Gasteiger charge is 2.10. The molecule has 4 heteroatoms. The number of nitrogens with zero attached hydrogens (tertiary/aromatic N) is 1. The van der Waals surface area contributed by atoms with Gasteiger partial charge in [-0.15, -0.1) is 0 Å². The van der Waals surface area contributed by atoms with Gasteiger partial charge in [-0.1, -0.05) is 6.07 Å². The quantitative estimate of drug-likeness (QED) is 0.705. The summed E-state index contributed by atoms with van der Waals surface area (Å²) in [5.41, 5.74) is 0.296. The lowest BCUT2D eigenvalue weighted by atomic mass is 10.1. The van der Waals surface area contributed by atoms with Gasteiger partial charge in [-0.25, -0.2) is 11.0 Å². The molecular weight excluding hydrogens is 197 g/mol. The van der Waals surface area contributed by atoms with Gasteiger partial charge in [0, 0.05) is 12.5 Å². The van der Waals surface area contributed by atoms with Crippen LogP contribution in [-0.4, -0.2) is 19.4 Å². The van der Waals surface area contributed by atoms with Crippen molar-refractivity contribution in [2.75, 3.05) is 13.7 Å². The van der Waals surface area contributed by atoms with E-state index in [0.29, 0.717) is 11.3 Å². The van der Waals surface area contributed by atoms with E-state index in [0.717, 1.165) is 0 Å². The van der Waals surface area contributed by atoms with Gasteiger partial charge in [-0.2, -0.15) is 0 Å². The van der Waals surface area contributed by atoms with Crippen molar-refractivity contribution in [2.24, 2.45) is 0 Å².